The van der Waals surface area contributed by atoms with E-state index >= 15 is 0 Å². The lowest BCUT2D eigenvalue weighted by atomic mass is 10.1. The summed E-state index contributed by atoms with van der Waals surface area (Å²) in [6.07, 6.45) is 0. The number of nitrogens with one attached hydrogen (secondary N) is 1. The molecular formula is C14H14BrIN2O. The first kappa shape index (κ1) is 14.7. The summed E-state index contributed by atoms with van der Waals surface area (Å²) in [5.74, 6) is 0.864. The zero-order valence-corrected chi connectivity index (χ0v) is 14.7. The van der Waals surface area contributed by atoms with Gasteiger partial charge in [-0.2, -0.15) is 0 Å². The van der Waals surface area contributed by atoms with E-state index in [9.17, 15) is 4.79 Å². The molecule has 1 heterocycles. The minimum Gasteiger partial charge on any atom is -0.306 e. The summed E-state index contributed by atoms with van der Waals surface area (Å²) in [6.45, 7) is 6.09. The highest BCUT2D eigenvalue weighted by Crippen LogP contribution is 2.25. The van der Waals surface area contributed by atoms with Crippen molar-refractivity contribution in [3.8, 4) is 11.4 Å². The fourth-order valence-electron chi connectivity index (χ4n) is 1.88. The number of hydrogen-bond acceptors (Lipinski definition) is 2. The van der Waals surface area contributed by atoms with Crippen molar-refractivity contribution in [2.45, 2.75) is 26.7 Å². The highest BCUT2D eigenvalue weighted by atomic mass is 127. The van der Waals surface area contributed by atoms with Gasteiger partial charge in [-0.25, -0.2) is 4.98 Å². The minimum absolute atomic E-state index is 0.0726. The highest BCUT2D eigenvalue weighted by Gasteiger charge is 2.14. The maximum atomic E-state index is 12.0. The van der Waals surface area contributed by atoms with Crippen LogP contribution in [0.15, 0.2) is 27.5 Å². The van der Waals surface area contributed by atoms with Gasteiger partial charge in [-0.15, -0.1) is 0 Å². The third-order valence-corrected chi connectivity index (χ3v) is 4.41. The fourth-order valence-corrected chi connectivity index (χ4v) is 3.23. The van der Waals surface area contributed by atoms with Crippen molar-refractivity contribution >= 4 is 38.5 Å². The van der Waals surface area contributed by atoms with Crippen LogP contribution >= 0.6 is 38.5 Å². The Bertz CT molecular complexity index is 680. The Morgan fingerprint density at radius 2 is 2.05 bits per heavy atom. The maximum absolute atomic E-state index is 12.0. The molecule has 0 saturated heterocycles. The summed E-state index contributed by atoms with van der Waals surface area (Å²) in [5.41, 5.74) is 2.81. The van der Waals surface area contributed by atoms with E-state index in [-0.39, 0.29) is 11.5 Å². The van der Waals surface area contributed by atoms with Crippen molar-refractivity contribution in [3.05, 3.63) is 47.9 Å². The molecule has 3 nitrogen and oxygen atoms in total. The van der Waals surface area contributed by atoms with Gasteiger partial charge in [-0.05, 0) is 59.2 Å². The number of nitrogens with zero attached hydrogens (tertiary/aromatic N) is 1. The number of halogens is 2. The number of rotatable bonds is 2. The average Bonchev–Trinajstić information content (AvgIpc) is 2.32. The van der Waals surface area contributed by atoms with Gasteiger partial charge >= 0.3 is 0 Å². The van der Waals surface area contributed by atoms with Crippen molar-refractivity contribution in [3.63, 3.8) is 0 Å². The third kappa shape index (κ3) is 3.08. The van der Waals surface area contributed by atoms with E-state index in [1.165, 1.54) is 0 Å². The molecule has 0 unspecified atom stereocenters. The summed E-state index contributed by atoms with van der Waals surface area (Å²) >= 11 is 5.50. The summed E-state index contributed by atoms with van der Waals surface area (Å²) in [5, 5.41) is 0. The molecule has 0 bridgehead atoms. The van der Waals surface area contributed by atoms with Crippen LogP contribution < -0.4 is 5.56 Å². The second kappa shape index (κ2) is 5.75. The number of H-pyrrole nitrogens is 1. The number of aromatic amines is 1. The van der Waals surface area contributed by atoms with Gasteiger partial charge in [0.05, 0.1) is 9.26 Å². The van der Waals surface area contributed by atoms with Crippen molar-refractivity contribution < 1.29 is 0 Å². The molecule has 0 fully saturated rings. The molecule has 100 valence electrons. The van der Waals surface area contributed by atoms with Crippen LogP contribution in [0.2, 0.25) is 0 Å². The Morgan fingerprint density at radius 1 is 1.37 bits per heavy atom. The summed E-state index contributed by atoms with van der Waals surface area (Å²) in [7, 11) is 0. The van der Waals surface area contributed by atoms with E-state index in [0.29, 0.717) is 9.39 Å². The van der Waals surface area contributed by atoms with Gasteiger partial charge in [-0.3, -0.25) is 4.79 Å². The normalized spacial score (nSPS) is 11.1. The molecule has 0 amide bonds. The summed E-state index contributed by atoms with van der Waals surface area (Å²) < 4.78 is 1.69. The van der Waals surface area contributed by atoms with Crippen LogP contribution in [0.25, 0.3) is 11.4 Å². The molecule has 0 aliphatic carbocycles. The van der Waals surface area contributed by atoms with Crippen LogP contribution in [-0.4, -0.2) is 9.97 Å². The van der Waals surface area contributed by atoms with Crippen molar-refractivity contribution in [1.29, 1.82) is 0 Å². The molecule has 0 atom stereocenters. The first-order valence-corrected chi connectivity index (χ1v) is 7.83. The monoisotopic (exact) mass is 432 g/mol. The SMILES string of the molecule is Cc1cc(Br)ccc1-c1nc(C(C)C)c(I)c(=O)[nH]1. The molecule has 1 aromatic heterocycles. The molecule has 0 saturated carbocycles. The first-order valence-electron chi connectivity index (χ1n) is 5.96. The van der Waals surface area contributed by atoms with E-state index in [1.807, 2.05) is 39.0 Å². The van der Waals surface area contributed by atoms with Crippen LogP contribution in [0.4, 0.5) is 0 Å². The maximum Gasteiger partial charge on any atom is 0.264 e. The summed E-state index contributed by atoms with van der Waals surface area (Å²) in [4.78, 5) is 19.5. The Hall–Kier alpha value is -0.690. The smallest absolute Gasteiger partial charge is 0.264 e. The molecule has 2 aromatic rings. The molecule has 5 heteroatoms. The van der Waals surface area contributed by atoms with Gasteiger partial charge in [-0.1, -0.05) is 29.8 Å². The fraction of sp³-hybridized carbons (Fsp3) is 0.286. The van der Waals surface area contributed by atoms with Gasteiger partial charge in [0.25, 0.3) is 5.56 Å². The van der Waals surface area contributed by atoms with Gasteiger partial charge in [0.2, 0.25) is 0 Å². The molecule has 0 spiro atoms. The Labute approximate surface area is 134 Å². The third-order valence-electron chi connectivity index (χ3n) is 2.88. The first-order chi connectivity index (χ1) is 8.90. The predicted molar refractivity (Wildman–Crippen MR) is 89.5 cm³/mol. The predicted octanol–water partition coefficient (Wildman–Crippen LogP) is 4.24. The standard InChI is InChI=1S/C14H14BrIN2O/c1-7(2)12-11(16)14(19)18-13(17-12)10-5-4-9(15)6-8(10)3/h4-7H,1-3H3,(H,17,18,19). The molecule has 2 rings (SSSR count). The van der Waals surface area contributed by atoms with Gasteiger partial charge in [0.1, 0.15) is 5.82 Å². The van der Waals surface area contributed by atoms with Crippen molar-refractivity contribution in [2.75, 3.05) is 0 Å². The lowest BCUT2D eigenvalue weighted by Crippen LogP contribution is -2.17. The van der Waals surface area contributed by atoms with Crippen LogP contribution in [0, 0.1) is 10.5 Å². The number of benzene rings is 1. The Morgan fingerprint density at radius 3 is 2.63 bits per heavy atom. The van der Waals surface area contributed by atoms with E-state index in [1.54, 1.807) is 0 Å². The molecule has 0 aliphatic rings. The second-order valence-electron chi connectivity index (χ2n) is 4.73. The zero-order chi connectivity index (χ0) is 14.2. The van der Waals surface area contributed by atoms with E-state index in [4.69, 9.17) is 0 Å². The average molecular weight is 433 g/mol. The van der Waals surface area contributed by atoms with Crippen molar-refractivity contribution in [2.24, 2.45) is 0 Å². The zero-order valence-electron chi connectivity index (χ0n) is 10.9. The summed E-state index contributed by atoms with van der Waals surface area (Å²) in [6, 6.07) is 5.94. The largest absolute Gasteiger partial charge is 0.306 e. The Kier molecular flexibility index (Phi) is 4.45. The molecule has 1 N–H and O–H groups in total. The molecular weight excluding hydrogens is 419 g/mol. The van der Waals surface area contributed by atoms with E-state index < -0.39 is 0 Å². The Balaban J connectivity index is 2.66. The lowest BCUT2D eigenvalue weighted by molar-refractivity contribution is 0.802. The topological polar surface area (TPSA) is 45.8 Å². The van der Waals surface area contributed by atoms with Crippen LogP contribution in [0.3, 0.4) is 0 Å². The lowest BCUT2D eigenvalue weighted by Gasteiger charge is -2.11. The molecule has 1 aromatic carbocycles. The van der Waals surface area contributed by atoms with Crippen LogP contribution in [-0.2, 0) is 0 Å². The van der Waals surface area contributed by atoms with E-state index in [2.05, 4.69) is 48.5 Å². The van der Waals surface area contributed by atoms with Crippen LogP contribution in [0.5, 0.6) is 0 Å². The van der Waals surface area contributed by atoms with Gasteiger partial charge in [0, 0.05) is 10.0 Å². The molecule has 0 radical (unpaired) electrons. The van der Waals surface area contributed by atoms with Crippen LogP contribution in [0.1, 0.15) is 31.0 Å². The van der Waals surface area contributed by atoms with Gasteiger partial charge < -0.3 is 4.98 Å². The second-order valence-corrected chi connectivity index (χ2v) is 6.72. The molecule has 19 heavy (non-hydrogen) atoms. The number of aromatic nitrogens is 2. The number of hydrogen-bond donors (Lipinski definition) is 1. The highest BCUT2D eigenvalue weighted by molar-refractivity contribution is 14.1. The van der Waals surface area contributed by atoms with Crippen molar-refractivity contribution in [1.82, 2.24) is 9.97 Å². The number of aryl methyl sites for hydroxylation is 1. The van der Waals surface area contributed by atoms with Gasteiger partial charge in [0.15, 0.2) is 0 Å². The minimum atomic E-state index is -0.0726. The molecule has 0 aliphatic heterocycles. The quantitative estimate of drug-likeness (QED) is 0.721. The van der Waals surface area contributed by atoms with E-state index in [0.717, 1.165) is 21.3 Å².